The predicted molar refractivity (Wildman–Crippen MR) is 86.5 cm³/mol. The summed E-state index contributed by atoms with van der Waals surface area (Å²) in [6, 6.07) is 14.9. The van der Waals surface area contributed by atoms with Gasteiger partial charge in [0.25, 0.3) is 5.91 Å². The summed E-state index contributed by atoms with van der Waals surface area (Å²) in [5, 5.41) is 3.63. The third kappa shape index (κ3) is 3.94. The molecule has 0 saturated heterocycles. The number of rotatable bonds is 3. The lowest BCUT2D eigenvalue weighted by Gasteiger charge is -2.14. The number of hydrogen-bond donors (Lipinski definition) is 1. The van der Waals surface area contributed by atoms with Crippen LogP contribution in [-0.4, -0.2) is 5.91 Å². The Morgan fingerprint density at radius 1 is 1.21 bits per heavy atom. The van der Waals surface area contributed by atoms with Crippen LogP contribution in [0.3, 0.4) is 0 Å². The third-order valence-corrected chi connectivity index (χ3v) is 3.76. The van der Waals surface area contributed by atoms with Crippen molar-refractivity contribution < 1.29 is 4.79 Å². The van der Waals surface area contributed by atoms with E-state index in [1.165, 1.54) is 0 Å². The van der Waals surface area contributed by atoms with Crippen LogP contribution in [0.1, 0.15) is 28.9 Å². The average Bonchev–Trinajstić information content (AvgIpc) is 2.39. The second kappa shape index (κ2) is 6.39. The lowest BCUT2D eigenvalue weighted by atomic mass is 10.1. The Labute approximate surface area is 131 Å². The zero-order valence-corrected chi connectivity index (χ0v) is 13.3. The summed E-state index contributed by atoms with van der Waals surface area (Å²) >= 11 is 8.16. The third-order valence-electron chi connectivity index (χ3n) is 2.80. The fraction of sp³-hybridized carbons (Fsp3) is 0.133. The van der Waals surface area contributed by atoms with E-state index in [9.17, 15) is 4.79 Å². The molecule has 0 saturated carbocycles. The number of hydrogen-bond acceptors (Lipinski definition) is 1. The number of halogens is 2. The zero-order chi connectivity index (χ0) is 13.8. The molecule has 0 spiro atoms. The predicted octanol–water partition coefficient (Wildman–Crippen LogP) is 4.44. The van der Waals surface area contributed by atoms with Crippen LogP contribution in [0.2, 0.25) is 5.02 Å². The highest BCUT2D eigenvalue weighted by atomic mass is 127. The van der Waals surface area contributed by atoms with Gasteiger partial charge in [0.1, 0.15) is 0 Å². The van der Waals surface area contributed by atoms with E-state index < -0.39 is 0 Å². The van der Waals surface area contributed by atoms with Gasteiger partial charge in [-0.05, 0) is 71.5 Å². The molecule has 2 aromatic rings. The van der Waals surface area contributed by atoms with Gasteiger partial charge in [-0.15, -0.1) is 0 Å². The SMILES string of the molecule is C[C@@H](NC(=O)c1ccc(I)cc1)c1cccc(Cl)c1. The van der Waals surface area contributed by atoms with Crippen molar-refractivity contribution in [1.29, 1.82) is 0 Å². The Bertz CT molecular complexity index is 583. The maximum Gasteiger partial charge on any atom is 0.251 e. The van der Waals surface area contributed by atoms with E-state index in [-0.39, 0.29) is 11.9 Å². The first kappa shape index (κ1) is 14.3. The molecule has 0 aliphatic carbocycles. The maximum absolute atomic E-state index is 12.1. The lowest BCUT2D eigenvalue weighted by Crippen LogP contribution is -2.26. The van der Waals surface area contributed by atoms with Gasteiger partial charge in [0.15, 0.2) is 0 Å². The summed E-state index contributed by atoms with van der Waals surface area (Å²) in [7, 11) is 0. The van der Waals surface area contributed by atoms with E-state index in [1.54, 1.807) is 0 Å². The van der Waals surface area contributed by atoms with E-state index in [4.69, 9.17) is 11.6 Å². The molecule has 0 aliphatic heterocycles. The molecule has 1 atom stereocenters. The van der Waals surface area contributed by atoms with Crippen molar-refractivity contribution in [3.8, 4) is 0 Å². The number of amides is 1. The molecule has 1 N–H and O–H groups in total. The highest BCUT2D eigenvalue weighted by molar-refractivity contribution is 14.1. The van der Waals surface area contributed by atoms with E-state index in [0.717, 1.165) is 9.13 Å². The molecule has 2 rings (SSSR count). The molecule has 0 aliphatic rings. The first-order valence-corrected chi connectivity index (χ1v) is 7.34. The molecule has 0 bridgehead atoms. The van der Waals surface area contributed by atoms with Gasteiger partial charge in [-0.1, -0.05) is 23.7 Å². The maximum atomic E-state index is 12.1. The quantitative estimate of drug-likeness (QED) is 0.778. The Balaban J connectivity index is 2.08. The van der Waals surface area contributed by atoms with Gasteiger partial charge in [-0.3, -0.25) is 4.79 Å². The summed E-state index contributed by atoms with van der Waals surface area (Å²) in [6.07, 6.45) is 0. The highest BCUT2D eigenvalue weighted by Crippen LogP contribution is 2.18. The molecule has 98 valence electrons. The Kier molecular flexibility index (Phi) is 4.82. The monoisotopic (exact) mass is 385 g/mol. The minimum Gasteiger partial charge on any atom is -0.346 e. The van der Waals surface area contributed by atoms with Crippen LogP contribution in [-0.2, 0) is 0 Å². The topological polar surface area (TPSA) is 29.1 Å². The first-order chi connectivity index (χ1) is 9.06. The van der Waals surface area contributed by atoms with Crippen molar-refractivity contribution in [3.05, 3.63) is 68.3 Å². The van der Waals surface area contributed by atoms with Crippen molar-refractivity contribution in [2.75, 3.05) is 0 Å². The van der Waals surface area contributed by atoms with Gasteiger partial charge in [0.2, 0.25) is 0 Å². The van der Waals surface area contributed by atoms with E-state index in [0.29, 0.717) is 10.6 Å². The van der Waals surface area contributed by atoms with Crippen LogP contribution in [0, 0.1) is 3.57 Å². The summed E-state index contributed by atoms with van der Waals surface area (Å²) in [5.74, 6) is -0.0797. The van der Waals surface area contributed by atoms with Crippen molar-refractivity contribution in [3.63, 3.8) is 0 Å². The standard InChI is InChI=1S/C15H13ClINO/c1-10(12-3-2-4-13(16)9-12)18-15(19)11-5-7-14(17)8-6-11/h2-10H,1H3,(H,18,19)/t10-/m1/s1. The summed E-state index contributed by atoms with van der Waals surface area (Å²) in [5.41, 5.74) is 1.65. The van der Waals surface area contributed by atoms with Crippen LogP contribution >= 0.6 is 34.2 Å². The highest BCUT2D eigenvalue weighted by Gasteiger charge is 2.11. The number of carbonyl (C=O) groups excluding carboxylic acids is 1. The van der Waals surface area contributed by atoms with Gasteiger partial charge in [-0.2, -0.15) is 0 Å². The van der Waals surface area contributed by atoms with Crippen LogP contribution in [0.4, 0.5) is 0 Å². The molecule has 0 unspecified atom stereocenters. The van der Waals surface area contributed by atoms with Crippen LogP contribution in [0.25, 0.3) is 0 Å². The van der Waals surface area contributed by atoms with Gasteiger partial charge >= 0.3 is 0 Å². The minimum absolute atomic E-state index is 0.0783. The fourth-order valence-electron chi connectivity index (χ4n) is 1.74. The van der Waals surface area contributed by atoms with E-state index in [2.05, 4.69) is 27.9 Å². The lowest BCUT2D eigenvalue weighted by molar-refractivity contribution is 0.0940. The van der Waals surface area contributed by atoms with Crippen molar-refractivity contribution in [2.45, 2.75) is 13.0 Å². The van der Waals surface area contributed by atoms with E-state index >= 15 is 0 Å². The molecule has 0 heterocycles. The average molecular weight is 386 g/mol. The van der Waals surface area contributed by atoms with Gasteiger partial charge < -0.3 is 5.32 Å². The Morgan fingerprint density at radius 2 is 1.89 bits per heavy atom. The molecule has 2 aromatic carbocycles. The molecular weight excluding hydrogens is 373 g/mol. The van der Waals surface area contributed by atoms with Gasteiger partial charge in [0, 0.05) is 14.2 Å². The fourth-order valence-corrected chi connectivity index (χ4v) is 2.30. The number of nitrogens with one attached hydrogen (secondary N) is 1. The molecule has 0 aromatic heterocycles. The normalized spacial score (nSPS) is 11.9. The van der Waals surface area contributed by atoms with Crippen molar-refractivity contribution >= 4 is 40.1 Å². The summed E-state index contributed by atoms with van der Waals surface area (Å²) in [4.78, 5) is 12.1. The largest absolute Gasteiger partial charge is 0.346 e. The zero-order valence-electron chi connectivity index (χ0n) is 10.4. The smallest absolute Gasteiger partial charge is 0.251 e. The molecule has 19 heavy (non-hydrogen) atoms. The number of carbonyl (C=O) groups is 1. The molecule has 4 heteroatoms. The van der Waals surface area contributed by atoms with Crippen LogP contribution in [0.15, 0.2) is 48.5 Å². The first-order valence-electron chi connectivity index (χ1n) is 5.88. The van der Waals surface area contributed by atoms with Crippen LogP contribution in [0.5, 0.6) is 0 Å². The van der Waals surface area contributed by atoms with Crippen LogP contribution < -0.4 is 5.32 Å². The minimum atomic E-state index is -0.0797. The van der Waals surface area contributed by atoms with Crippen molar-refractivity contribution in [1.82, 2.24) is 5.32 Å². The molecule has 0 fully saturated rings. The van der Waals surface area contributed by atoms with Gasteiger partial charge in [-0.25, -0.2) is 0 Å². The molecule has 1 amide bonds. The van der Waals surface area contributed by atoms with Crippen molar-refractivity contribution in [2.24, 2.45) is 0 Å². The molecular formula is C15H13ClINO. The Hall–Kier alpha value is -1.07. The molecule has 2 nitrogen and oxygen atoms in total. The Morgan fingerprint density at radius 3 is 2.53 bits per heavy atom. The second-order valence-electron chi connectivity index (χ2n) is 4.26. The van der Waals surface area contributed by atoms with Gasteiger partial charge in [0.05, 0.1) is 6.04 Å². The summed E-state index contributed by atoms with van der Waals surface area (Å²) in [6.45, 7) is 1.94. The second-order valence-corrected chi connectivity index (χ2v) is 5.94. The summed E-state index contributed by atoms with van der Waals surface area (Å²) < 4.78 is 1.11. The number of benzene rings is 2. The van der Waals surface area contributed by atoms with E-state index in [1.807, 2.05) is 55.5 Å². The molecule has 0 radical (unpaired) electrons.